The second kappa shape index (κ2) is 6.58. The Balaban J connectivity index is 2.24. The topological polar surface area (TPSA) is 111 Å². The Bertz CT molecular complexity index is 1160. The van der Waals surface area contributed by atoms with Crippen LogP contribution in [0.4, 0.5) is 0 Å². The van der Waals surface area contributed by atoms with Crippen LogP contribution in [0.5, 0.6) is 0 Å². The molecule has 0 saturated heterocycles. The van der Waals surface area contributed by atoms with E-state index in [-0.39, 0.29) is 27.7 Å². The number of esters is 1. The van der Waals surface area contributed by atoms with E-state index in [0.29, 0.717) is 0 Å². The number of nitrogens with one attached hydrogen (secondary N) is 1. The first-order chi connectivity index (χ1) is 12.3. The van der Waals surface area contributed by atoms with Crippen LogP contribution >= 0.6 is 11.6 Å². The molecule has 2 aromatic heterocycles. The van der Waals surface area contributed by atoms with Crippen molar-refractivity contribution in [2.75, 3.05) is 6.61 Å². The van der Waals surface area contributed by atoms with Gasteiger partial charge in [-0.05, 0) is 32.0 Å². The lowest BCUT2D eigenvalue weighted by Gasteiger charge is -2.09. The van der Waals surface area contributed by atoms with Crippen molar-refractivity contribution in [2.45, 2.75) is 18.7 Å². The Morgan fingerprint density at radius 2 is 1.96 bits per heavy atom. The highest BCUT2D eigenvalue weighted by molar-refractivity contribution is 7.90. The molecule has 0 bridgehead atoms. The number of fused-ring (bicyclic) bond motifs is 1. The van der Waals surface area contributed by atoms with Gasteiger partial charge < -0.3 is 4.74 Å². The van der Waals surface area contributed by atoms with E-state index in [1.165, 1.54) is 18.2 Å². The number of halogens is 1. The van der Waals surface area contributed by atoms with Gasteiger partial charge in [0.1, 0.15) is 5.15 Å². The molecule has 0 atom stereocenters. The molecule has 0 fully saturated rings. The van der Waals surface area contributed by atoms with Gasteiger partial charge in [-0.25, -0.2) is 17.2 Å². The maximum atomic E-state index is 12.9. The van der Waals surface area contributed by atoms with Crippen molar-refractivity contribution >= 4 is 38.6 Å². The minimum atomic E-state index is -4.07. The number of rotatable bonds is 4. The number of carbonyl (C=O) groups is 1. The molecule has 26 heavy (non-hydrogen) atoms. The third-order valence-electron chi connectivity index (χ3n) is 3.68. The molecule has 2 heterocycles. The van der Waals surface area contributed by atoms with E-state index in [0.717, 1.165) is 9.54 Å². The van der Waals surface area contributed by atoms with Crippen molar-refractivity contribution in [1.82, 2.24) is 14.2 Å². The lowest BCUT2D eigenvalue weighted by Crippen LogP contribution is -2.22. The molecule has 0 aliphatic rings. The van der Waals surface area contributed by atoms with Gasteiger partial charge in [0.2, 0.25) is 11.1 Å². The number of H-pyrrole nitrogens is 1. The first kappa shape index (κ1) is 18.2. The average molecular weight is 396 g/mol. The van der Waals surface area contributed by atoms with Gasteiger partial charge in [0.05, 0.1) is 16.9 Å². The van der Waals surface area contributed by atoms with E-state index >= 15 is 0 Å². The zero-order valence-corrected chi connectivity index (χ0v) is 15.4. The summed E-state index contributed by atoms with van der Waals surface area (Å²) in [6.45, 7) is 3.49. The highest BCUT2D eigenvalue weighted by atomic mass is 35.5. The first-order valence-corrected chi connectivity index (χ1v) is 9.38. The van der Waals surface area contributed by atoms with Gasteiger partial charge >= 0.3 is 5.97 Å². The van der Waals surface area contributed by atoms with Crippen LogP contribution in [-0.4, -0.2) is 35.2 Å². The van der Waals surface area contributed by atoms with Gasteiger partial charge in [0.15, 0.2) is 5.65 Å². The fraction of sp³-hybridized carbons (Fsp3) is 0.188. The maximum Gasteiger partial charge on any atom is 0.362 e. The highest BCUT2D eigenvalue weighted by Gasteiger charge is 2.26. The summed E-state index contributed by atoms with van der Waals surface area (Å²) in [5.41, 5.74) is -0.479. The Morgan fingerprint density at radius 1 is 1.31 bits per heavy atom. The molecule has 0 saturated carbocycles. The number of benzene rings is 1. The third kappa shape index (κ3) is 2.89. The molecule has 3 aromatic rings. The monoisotopic (exact) mass is 395 g/mol. The summed E-state index contributed by atoms with van der Waals surface area (Å²) in [5, 5.41) is 5.80. The molecule has 0 spiro atoms. The summed E-state index contributed by atoms with van der Waals surface area (Å²) in [7, 11) is -4.07. The van der Waals surface area contributed by atoms with Crippen molar-refractivity contribution in [3.8, 4) is 0 Å². The van der Waals surface area contributed by atoms with Crippen molar-refractivity contribution in [3.05, 3.63) is 57.0 Å². The van der Waals surface area contributed by atoms with Crippen LogP contribution in [0.1, 0.15) is 23.0 Å². The second-order valence-electron chi connectivity index (χ2n) is 5.43. The zero-order chi connectivity index (χ0) is 19.1. The standard InChI is InChI=1S/C16H14ClN3O5S/c1-3-25-16(22)13-14(21)11-8-12(17)20(15(11)19-18-13)26(23,24)10-6-4-9(2)5-7-10/h4-8H,3H2,1-2H3,(H,19,21). The van der Waals surface area contributed by atoms with Crippen molar-refractivity contribution < 1.29 is 17.9 Å². The molecule has 0 aliphatic heterocycles. The lowest BCUT2D eigenvalue weighted by atomic mass is 10.2. The third-order valence-corrected chi connectivity index (χ3v) is 5.78. The predicted octanol–water partition coefficient (Wildman–Crippen LogP) is 2.10. The normalized spacial score (nSPS) is 11.7. The quantitative estimate of drug-likeness (QED) is 0.677. The van der Waals surface area contributed by atoms with Crippen LogP contribution < -0.4 is 5.43 Å². The number of carbonyl (C=O) groups excluding carboxylic acids is 1. The zero-order valence-electron chi connectivity index (χ0n) is 13.8. The van der Waals surface area contributed by atoms with E-state index in [2.05, 4.69) is 10.2 Å². The summed E-state index contributed by atoms with van der Waals surface area (Å²) >= 11 is 6.08. The Hall–Kier alpha value is -2.65. The fourth-order valence-corrected chi connectivity index (χ4v) is 4.24. The molecule has 8 nitrogen and oxygen atoms in total. The number of hydrogen-bond donors (Lipinski definition) is 1. The molecule has 1 N–H and O–H groups in total. The van der Waals surface area contributed by atoms with Gasteiger partial charge in [-0.3, -0.25) is 9.89 Å². The molecule has 136 valence electrons. The minimum Gasteiger partial charge on any atom is -0.461 e. The maximum absolute atomic E-state index is 12.9. The number of hydrogen-bond acceptors (Lipinski definition) is 6. The van der Waals surface area contributed by atoms with Crippen LogP contribution in [0, 0.1) is 6.92 Å². The second-order valence-corrected chi connectivity index (χ2v) is 7.61. The molecule has 0 unspecified atom stereocenters. The Labute approximate surface area is 153 Å². The van der Waals surface area contributed by atoms with Gasteiger partial charge in [-0.2, -0.15) is 5.10 Å². The predicted molar refractivity (Wildman–Crippen MR) is 95.1 cm³/mol. The number of nitrogens with zero attached hydrogens (tertiary/aromatic N) is 2. The van der Waals surface area contributed by atoms with E-state index in [1.807, 2.05) is 6.92 Å². The average Bonchev–Trinajstić information content (AvgIpc) is 2.93. The van der Waals surface area contributed by atoms with Crippen molar-refractivity contribution in [1.29, 1.82) is 0 Å². The van der Waals surface area contributed by atoms with Crippen LogP contribution in [-0.2, 0) is 14.8 Å². The lowest BCUT2D eigenvalue weighted by molar-refractivity contribution is 0.0517. The summed E-state index contributed by atoms with van der Waals surface area (Å²) in [6, 6.07) is 7.33. The van der Waals surface area contributed by atoms with E-state index < -0.39 is 27.1 Å². The molecule has 0 radical (unpaired) electrons. The Morgan fingerprint density at radius 3 is 2.58 bits per heavy atom. The van der Waals surface area contributed by atoms with Gasteiger partial charge in [0, 0.05) is 0 Å². The van der Waals surface area contributed by atoms with Gasteiger partial charge in [-0.15, -0.1) is 0 Å². The molecule has 0 amide bonds. The van der Waals surface area contributed by atoms with Gasteiger partial charge in [-0.1, -0.05) is 29.3 Å². The van der Waals surface area contributed by atoms with Crippen LogP contribution in [0.2, 0.25) is 5.15 Å². The smallest absolute Gasteiger partial charge is 0.362 e. The summed E-state index contributed by atoms with van der Waals surface area (Å²) in [5.74, 6) is -0.902. The summed E-state index contributed by atoms with van der Waals surface area (Å²) in [4.78, 5) is 24.3. The number of ether oxygens (including phenoxy) is 1. The van der Waals surface area contributed by atoms with Crippen LogP contribution in [0.15, 0.2) is 40.0 Å². The van der Waals surface area contributed by atoms with Crippen molar-refractivity contribution in [3.63, 3.8) is 0 Å². The largest absolute Gasteiger partial charge is 0.461 e. The molecule has 10 heteroatoms. The molecular weight excluding hydrogens is 382 g/mol. The SMILES string of the molecule is CCOC(=O)c1n[nH]c2c(cc(Cl)n2S(=O)(=O)c2ccc(C)cc2)c1=O. The van der Waals surface area contributed by atoms with Gasteiger partial charge in [0.25, 0.3) is 10.0 Å². The molecule has 1 aromatic carbocycles. The Kier molecular flexibility index (Phi) is 4.59. The first-order valence-electron chi connectivity index (χ1n) is 7.56. The number of aryl methyl sites for hydroxylation is 1. The fourth-order valence-electron chi connectivity index (χ4n) is 2.42. The molecular formula is C16H14ClN3O5S. The van der Waals surface area contributed by atoms with E-state index in [4.69, 9.17) is 16.3 Å². The minimum absolute atomic E-state index is 0.00202. The van der Waals surface area contributed by atoms with Crippen molar-refractivity contribution in [2.24, 2.45) is 0 Å². The van der Waals surface area contributed by atoms with E-state index in [9.17, 15) is 18.0 Å². The molecule has 0 aliphatic carbocycles. The van der Waals surface area contributed by atoms with E-state index in [1.54, 1.807) is 19.1 Å². The number of aromatic nitrogens is 3. The summed E-state index contributed by atoms with van der Waals surface area (Å²) < 4.78 is 31.4. The number of aromatic amines is 1. The van der Waals surface area contributed by atoms with Crippen LogP contribution in [0.25, 0.3) is 11.0 Å². The molecule has 3 rings (SSSR count). The summed E-state index contributed by atoms with van der Waals surface area (Å²) in [6.07, 6.45) is 0. The van der Waals surface area contributed by atoms with Crippen LogP contribution in [0.3, 0.4) is 0 Å². The highest BCUT2D eigenvalue weighted by Crippen LogP contribution is 2.26.